The summed E-state index contributed by atoms with van der Waals surface area (Å²) in [6.45, 7) is 11.9. The second kappa shape index (κ2) is 11.3. The zero-order valence-electron chi connectivity index (χ0n) is 19.4. The minimum absolute atomic E-state index is 0.0909. The Morgan fingerprint density at radius 2 is 2.10 bits per heavy atom. The fourth-order valence-electron chi connectivity index (χ4n) is 4.21. The van der Waals surface area contributed by atoms with Crippen molar-refractivity contribution in [2.45, 2.75) is 85.6 Å². The average molecular weight is 418 g/mol. The van der Waals surface area contributed by atoms with Crippen LogP contribution < -0.4 is 5.32 Å². The maximum atomic E-state index is 12.6. The summed E-state index contributed by atoms with van der Waals surface area (Å²) in [6, 6.07) is 4.25. The Morgan fingerprint density at radius 3 is 2.80 bits per heavy atom. The van der Waals surface area contributed by atoms with E-state index in [0.29, 0.717) is 6.61 Å². The summed E-state index contributed by atoms with van der Waals surface area (Å²) in [7, 11) is 0. The number of unbranched alkanes of at least 4 members (excludes halogenated alkanes) is 1. The van der Waals surface area contributed by atoms with Crippen LogP contribution in [0.5, 0.6) is 0 Å². The van der Waals surface area contributed by atoms with Gasteiger partial charge in [-0.1, -0.05) is 26.3 Å². The van der Waals surface area contributed by atoms with Gasteiger partial charge in [0.2, 0.25) is 5.91 Å². The third-order valence-electron chi connectivity index (χ3n) is 5.96. The van der Waals surface area contributed by atoms with Crippen LogP contribution in [0.2, 0.25) is 0 Å². The number of carbonyl (C=O) groups excluding carboxylic acids is 2. The zero-order chi connectivity index (χ0) is 22.1. The second-order valence-electron chi connectivity index (χ2n) is 8.40. The highest BCUT2D eigenvalue weighted by molar-refractivity contribution is 5.89. The zero-order valence-corrected chi connectivity index (χ0v) is 19.4. The molecule has 1 aromatic heterocycles. The molecule has 0 bridgehead atoms. The molecular formula is C24H39N3O3. The Labute approximate surface area is 181 Å². The van der Waals surface area contributed by atoms with Gasteiger partial charge in [-0.15, -0.1) is 0 Å². The Kier molecular flexibility index (Phi) is 9.12. The third-order valence-corrected chi connectivity index (χ3v) is 5.96. The maximum Gasteiger partial charge on any atom is 0.307 e. The normalized spacial score (nSPS) is 20.8. The van der Waals surface area contributed by atoms with E-state index in [9.17, 15) is 9.59 Å². The molecule has 0 spiro atoms. The molecule has 168 valence electrons. The fraction of sp³-hybridized carbons (Fsp3) is 0.708. The number of aromatic nitrogens is 1. The molecule has 1 aromatic rings. The molecule has 1 N–H and O–H groups in total. The molecule has 1 unspecified atom stereocenters. The number of nitrogens with one attached hydrogen (secondary N) is 1. The van der Waals surface area contributed by atoms with Gasteiger partial charge in [0.15, 0.2) is 0 Å². The number of likely N-dealkylation sites (tertiary alicyclic amines) is 1. The van der Waals surface area contributed by atoms with Crippen LogP contribution in [-0.4, -0.2) is 47.5 Å². The topological polar surface area (TPSA) is 71.5 Å². The summed E-state index contributed by atoms with van der Waals surface area (Å²) >= 11 is 0. The number of nitrogens with zero attached hydrogens (tertiary/aromatic N) is 2. The first-order chi connectivity index (χ1) is 14.4. The number of ether oxygens (including phenoxy) is 1. The summed E-state index contributed by atoms with van der Waals surface area (Å²) in [5.41, 5.74) is 2.16. The van der Waals surface area contributed by atoms with Gasteiger partial charge in [-0.05, 0) is 64.5 Å². The smallest absolute Gasteiger partial charge is 0.307 e. The summed E-state index contributed by atoms with van der Waals surface area (Å²) < 4.78 is 4.99. The van der Waals surface area contributed by atoms with Crippen LogP contribution in [0.1, 0.15) is 78.0 Å². The van der Waals surface area contributed by atoms with Crippen molar-refractivity contribution >= 4 is 17.7 Å². The molecule has 3 heterocycles. The molecule has 1 amide bonds. The molecule has 0 saturated carbocycles. The van der Waals surface area contributed by atoms with E-state index < -0.39 is 0 Å². The lowest BCUT2D eigenvalue weighted by Crippen LogP contribution is -2.63. The summed E-state index contributed by atoms with van der Waals surface area (Å²) in [5, 5.41) is 3.38. The van der Waals surface area contributed by atoms with Crippen molar-refractivity contribution in [1.82, 2.24) is 9.88 Å². The van der Waals surface area contributed by atoms with Crippen molar-refractivity contribution in [3.63, 3.8) is 0 Å². The Morgan fingerprint density at radius 1 is 1.33 bits per heavy atom. The van der Waals surface area contributed by atoms with Gasteiger partial charge < -0.3 is 15.0 Å². The number of carbonyl (C=O) groups is 2. The van der Waals surface area contributed by atoms with E-state index in [1.807, 2.05) is 32.6 Å². The lowest BCUT2D eigenvalue weighted by molar-refractivity contribution is -0.164. The quantitative estimate of drug-likeness (QED) is 0.367. The molecule has 30 heavy (non-hydrogen) atoms. The van der Waals surface area contributed by atoms with Gasteiger partial charge in [-0.25, -0.2) is 4.98 Å². The average Bonchev–Trinajstić information content (AvgIpc) is 2.76. The van der Waals surface area contributed by atoms with E-state index in [1.54, 1.807) is 6.92 Å². The Hall–Kier alpha value is -2.11. The first-order valence-corrected chi connectivity index (χ1v) is 11.6. The van der Waals surface area contributed by atoms with Gasteiger partial charge in [0.1, 0.15) is 5.82 Å². The summed E-state index contributed by atoms with van der Waals surface area (Å²) in [4.78, 5) is 30.8. The van der Waals surface area contributed by atoms with Gasteiger partial charge >= 0.3 is 5.97 Å². The minimum atomic E-state index is -0.284. The first kappa shape index (κ1) is 24.2. The first-order valence-electron chi connectivity index (χ1n) is 11.6. The van der Waals surface area contributed by atoms with Crippen molar-refractivity contribution in [2.75, 3.05) is 25.0 Å². The van der Waals surface area contributed by atoms with Crippen molar-refractivity contribution < 1.29 is 14.3 Å². The predicted molar refractivity (Wildman–Crippen MR) is 120 cm³/mol. The predicted octanol–water partition coefficient (Wildman–Crippen LogP) is 4.37. The number of hydrogen-bond donors (Lipinski definition) is 1. The van der Waals surface area contributed by atoms with Gasteiger partial charge in [0, 0.05) is 24.8 Å². The number of fused-ring (bicyclic) bond motifs is 1. The molecule has 6 nitrogen and oxygen atoms in total. The van der Waals surface area contributed by atoms with E-state index in [4.69, 9.17) is 9.72 Å². The highest BCUT2D eigenvalue weighted by Gasteiger charge is 2.49. The number of esters is 1. The largest absolute Gasteiger partial charge is 0.466 e. The molecule has 0 aliphatic carbocycles. The fourth-order valence-corrected chi connectivity index (χ4v) is 4.21. The van der Waals surface area contributed by atoms with E-state index in [-0.39, 0.29) is 29.8 Å². The number of pyridine rings is 1. The standard InChI is InChI=1S/C22H33N3O3.C2H6/c1-4-28-19(26)14-16(2)25-15-22(3,21(25)27)12-6-5-9-18-11-10-17-8-7-13-23-20(17)24-18;1-2/h10-11,16H,4-9,12-15H2,1-3H3,(H,23,24);1-2H3/t16-,22?;/m1./s1. The van der Waals surface area contributed by atoms with Crippen molar-refractivity contribution in [3.8, 4) is 0 Å². The van der Waals surface area contributed by atoms with Crippen molar-refractivity contribution in [2.24, 2.45) is 5.41 Å². The molecule has 2 atom stereocenters. The van der Waals surface area contributed by atoms with Crippen LogP contribution in [0.15, 0.2) is 12.1 Å². The monoisotopic (exact) mass is 417 g/mol. The van der Waals surface area contributed by atoms with E-state index in [2.05, 4.69) is 17.4 Å². The van der Waals surface area contributed by atoms with E-state index in [0.717, 1.165) is 56.7 Å². The molecule has 0 radical (unpaired) electrons. The number of β-lactam (4-membered cyclic amide) rings is 1. The lowest BCUT2D eigenvalue weighted by atomic mass is 9.75. The SMILES string of the molecule is CC.CCOC(=O)C[C@@H](C)N1CC(C)(CCCCc2ccc3c(n2)NCCC3)C1=O. The van der Waals surface area contributed by atoms with E-state index >= 15 is 0 Å². The van der Waals surface area contributed by atoms with Crippen LogP contribution in [0.3, 0.4) is 0 Å². The van der Waals surface area contributed by atoms with Crippen LogP contribution in [0, 0.1) is 5.41 Å². The third kappa shape index (κ3) is 5.96. The molecule has 1 fully saturated rings. The second-order valence-corrected chi connectivity index (χ2v) is 8.40. The number of hydrogen-bond acceptors (Lipinski definition) is 5. The maximum absolute atomic E-state index is 12.6. The summed E-state index contributed by atoms with van der Waals surface area (Å²) in [6.07, 6.45) is 6.44. The molecule has 1 saturated heterocycles. The molecule has 2 aliphatic rings. The number of aryl methyl sites for hydroxylation is 2. The molecule has 3 rings (SSSR count). The van der Waals surface area contributed by atoms with Crippen molar-refractivity contribution in [1.29, 1.82) is 0 Å². The highest BCUT2D eigenvalue weighted by Crippen LogP contribution is 2.38. The van der Waals surface area contributed by atoms with Crippen LogP contribution in [-0.2, 0) is 27.2 Å². The summed E-state index contributed by atoms with van der Waals surface area (Å²) in [5.74, 6) is 0.986. The van der Waals surface area contributed by atoms with Gasteiger partial charge in [-0.3, -0.25) is 9.59 Å². The van der Waals surface area contributed by atoms with E-state index in [1.165, 1.54) is 12.0 Å². The molecular weight excluding hydrogens is 378 g/mol. The molecule has 6 heteroatoms. The Bertz CT molecular complexity index is 722. The Balaban J connectivity index is 0.00000155. The molecule has 0 aromatic carbocycles. The number of rotatable bonds is 9. The van der Waals surface area contributed by atoms with Crippen LogP contribution in [0.25, 0.3) is 0 Å². The molecule has 2 aliphatic heterocycles. The minimum Gasteiger partial charge on any atom is -0.466 e. The van der Waals surface area contributed by atoms with Gasteiger partial charge in [0.25, 0.3) is 0 Å². The van der Waals surface area contributed by atoms with Gasteiger partial charge in [-0.2, -0.15) is 0 Å². The van der Waals surface area contributed by atoms with Gasteiger partial charge in [0.05, 0.1) is 18.4 Å². The highest BCUT2D eigenvalue weighted by atomic mass is 16.5. The van der Waals surface area contributed by atoms with Crippen LogP contribution >= 0.6 is 0 Å². The number of anilines is 1. The number of amides is 1. The lowest BCUT2D eigenvalue weighted by Gasteiger charge is -2.49. The van der Waals surface area contributed by atoms with Crippen LogP contribution in [0.4, 0.5) is 5.82 Å². The van der Waals surface area contributed by atoms with Crippen molar-refractivity contribution in [3.05, 3.63) is 23.4 Å².